The third-order valence-electron chi connectivity index (χ3n) is 5.42. The van der Waals surface area contributed by atoms with Crippen LogP contribution in [0.2, 0.25) is 0 Å². The molecule has 9 nitrogen and oxygen atoms in total. The Labute approximate surface area is 172 Å². The number of imide groups is 1. The fourth-order valence-corrected chi connectivity index (χ4v) is 3.87. The van der Waals surface area contributed by atoms with Crippen molar-refractivity contribution in [3.63, 3.8) is 0 Å². The highest BCUT2D eigenvalue weighted by Gasteiger charge is 2.34. The van der Waals surface area contributed by atoms with Gasteiger partial charge >= 0.3 is 6.03 Å². The number of benzene rings is 2. The molecular formula is C21H21N3O6. The van der Waals surface area contributed by atoms with E-state index in [1.165, 1.54) is 38.3 Å². The van der Waals surface area contributed by atoms with Crippen molar-refractivity contribution in [3.05, 3.63) is 52.6 Å². The number of rotatable bonds is 3. The number of nitrogens with one attached hydrogen (secondary N) is 1. The van der Waals surface area contributed by atoms with Crippen LogP contribution >= 0.6 is 0 Å². The van der Waals surface area contributed by atoms with Gasteiger partial charge in [0.2, 0.25) is 0 Å². The second kappa shape index (κ2) is 7.34. The molecule has 0 unspecified atom stereocenters. The molecule has 2 aromatic rings. The maximum Gasteiger partial charge on any atom is 0.322 e. The average Bonchev–Trinajstić information content (AvgIpc) is 2.96. The number of carbonyl (C=O) groups is 3. The Hall–Kier alpha value is -3.59. The molecule has 30 heavy (non-hydrogen) atoms. The highest BCUT2D eigenvalue weighted by atomic mass is 16.5. The third kappa shape index (κ3) is 3.03. The molecule has 156 valence electrons. The van der Waals surface area contributed by atoms with Gasteiger partial charge in [-0.25, -0.2) is 4.79 Å². The van der Waals surface area contributed by atoms with Crippen molar-refractivity contribution < 1.29 is 29.0 Å². The number of hydrogen-bond acceptors (Lipinski definition) is 6. The first-order chi connectivity index (χ1) is 14.3. The van der Waals surface area contributed by atoms with Gasteiger partial charge in [-0.2, -0.15) is 0 Å². The molecule has 2 aromatic carbocycles. The van der Waals surface area contributed by atoms with E-state index in [1.807, 2.05) is 0 Å². The number of carbonyl (C=O) groups excluding carboxylic acids is 3. The van der Waals surface area contributed by atoms with Crippen LogP contribution in [0.25, 0.3) is 0 Å². The number of urea groups is 1. The first-order valence-corrected chi connectivity index (χ1v) is 9.30. The molecule has 0 bridgehead atoms. The van der Waals surface area contributed by atoms with Crippen LogP contribution in [0.3, 0.4) is 0 Å². The van der Waals surface area contributed by atoms with Gasteiger partial charge in [-0.15, -0.1) is 0 Å². The summed E-state index contributed by atoms with van der Waals surface area (Å²) < 4.78 is 10.7. The molecule has 0 radical (unpaired) electrons. The Bertz CT molecular complexity index is 1070. The van der Waals surface area contributed by atoms with Crippen molar-refractivity contribution in [2.24, 2.45) is 0 Å². The molecule has 0 fully saturated rings. The van der Waals surface area contributed by atoms with Crippen molar-refractivity contribution in [2.75, 3.05) is 33.1 Å². The monoisotopic (exact) mass is 411 g/mol. The zero-order chi connectivity index (χ0) is 21.6. The summed E-state index contributed by atoms with van der Waals surface area (Å²) in [6.07, 6.45) is -0.947. The van der Waals surface area contributed by atoms with Crippen LogP contribution in [0.1, 0.15) is 37.9 Å². The van der Waals surface area contributed by atoms with E-state index in [0.29, 0.717) is 33.9 Å². The van der Waals surface area contributed by atoms with Gasteiger partial charge in [-0.1, -0.05) is 0 Å². The highest BCUT2D eigenvalue weighted by molar-refractivity contribution is 6.21. The van der Waals surface area contributed by atoms with Gasteiger partial charge in [0.1, 0.15) is 17.6 Å². The van der Waals surface area contributed by atoms with Crippen molar-refractivity contribution in [1.29, 1.82) is 0 Å². The molecule has 2 heterocycles. The Morgan fingerprint density at radius 1 is 1.07 bits per heavy atom. The second-order valence-corrected chi connectivity index (χ2v) is 7.12. The van der Waals surface area contributed by atoms with E-state index in [-0.39, 0.29) is 24.6 Å². The van der Waals surface area contributed by atoms with Crippen LogP contribution in [-0.4, -0.2) is 60.6 Å². The lowest BCUT2D eigenvalue weighted by atomic mass is 9.95. The Kier molecular flexibility index (Phi) is 4.83. The fraction of sp³-hybridized carbons (Fsp3) is 0.286. The zero-order valence-corrected chi connectivity index (χ0v) is 16.8. The Balaban J connectivity index is 1.58. The van der Waals surface area contributed by atoms with Crippen LogP contribution in [0.4, 0.5) is 10.5 Å². The number of nitrogens with zero attached hydrogens (tertiary/aromatic N) is 2. The topological polar surface area (TPSA) is 108 Å². The smallest absolute Gasteiger partial charge is 0.322 e. The lowest BCUT2D eigenvalue weighted by molar-refractivity contribution is 0.0693. The molecule has 0 saturated carbocycles. The average molecular weight is 411 g/mol. The van der Waals surface area contributed by atoms with E-state index >= 15 is 0 Å². The van der Waals surface area contributed by atoms with Gasteiger partial charge in [0.15, 0.2) is 0 Å². The van der Waals surface area contributed by atoms with Gasteiger partial charge in [-0.3, -0.25) is 14.5 Å². The summed E-state index contributed by atoms with van der Waals surface area (Å²) in [7, 11) is 4.45. The minimum atomic E-state index is -0.947. The minimum absolute atomic E-state index is 0.0630. The van der Waals surface area contributed by atoms with Crippen LogP contribution < -0.4 is 14.8 Å². The molecule has 0 aromatic heterocycles. The number of anilines is 1. The van der Waals surface area contributed by atoms with Crippen molar-refractivity contribution >= 4 is 23.5 Å². The number of fused-ring (bicyclic) bond motifs is 2. The lowest BCUT2D eigenvalue weighted by Crippen LogP contribution is -2.41. The van der Waals surface area contributed by atoms with Gasteiger partial charge in [-0.05, 0) is 30.3 Å². The molecule has 0 saturated heterocycles. The maximum absolute atomic E-state index is 12.9. The Morgan fingerprint density at radius 3 is 2.43 bits per heavy atom. The van der Waals surface area contributed by atoms with E-state index < -0.39 is 18.0 Å². The van der Waals surface area contributed by atoms with Crippen LogP contribution in [0.15, 0.2) is 30.3 Å². The molecular weight excluding hydrogens is 390 g/mol. The van der Waals surface area contributed by atoms with E-state index in [0.717, 1.165) is 4.90 Å². The number of amides is 4. The van der Waals surface area contributed by atoms with Crippen molar-refractivity contribution in [3.8, 4) is 11.5 Å². The molecule has 0 spiro atoms. The minimum Gasteiger partial charge on any atom is -0.496 e. The number of hydrogen-bond donors (Lipinski definition) is 2. The second-order valence-electron chi connectivity index (χ2n) is 7.12. The summed E-state index contributed by atoms with van der Waals surface area (Å²) in [5, 5.41) is 13.4. The molecule has 0 aliphatic carbocycles. The quantitative estimate of drug-likeness (QED) is 0.748. The van der Waals surface area contributed by atoms with E-state index in [2.05, 4.69) is 5.32 Å². The number of methoxy groups -OCH3 is 2. The largest absolute Gasteiger partial charge is 0.496 e. The summed E-state index contributed by atoms with van der Waals surface area (Å²) in [6.45, 7) is 0.275. The molecule has 9 heteroatoms. The normalized spacial score (nSPS) is 17.5. The molecule has 2 aliphatic rings. The van der Waals surface area contributed by atoms with Gasteiger partial charge < -0.3 is 24.8 Å². The summed E-state index contributed by atoms with van der Waals surface area (Å²) in [4.78, 5) is 39.5. The number of β-amino-alcohol motifs (C(OH)–C–C–N with tert-alkyl or cyclic N) is 1. The SMILES string of the molecule is COc1ccc(OC)c2c1CN(C(=O)Nc1ccc3c(c1)C(=O)N(C)C3=O)C[C@H]2O. The molecule has 4 amide bonds. The van der Waals surface area contributed by atoms with Crippen LogP contribution in [-0.2, 0) is 6.54 Å². The summed E-state index contributed by atoms with van der Waals surface area (Å²) >= 11 is 0. The first-order valence-electron chi connectivity index (χ1n) is 9.30. The summed E-state index contributed by atoms with van der Waals surface area (Å²) in [6, 6.07) is 7.56. The Morgan fingerprint density at radius 2 is 1.73 bits per heavy atom. The molecule has 4 rings (SSSR count). The van der Waals surface area contributed by atoms with E-state index in [4.69, 9.17) is 9.47 Å². The predicted molar refractivity (Wildman–Crippen MR) is 107 cm³/mol. The number of ether oxygens (including phenoxy) is 2. The predicted octanol–water partition coefficient (Wildman–Crippen LogP) is 2.01. The maximum atomic E-state index is 12.9. The van der Waals surface area contributed by atoms with Gasteiger partial charge in [0.25, 0.3) is 11.8 Å². The summed E-state index contributed by atoms with van der Waals surface area (Å²) in [5.74, 6) is 0.297. The van der Waals surface area contributed by atoms with Crippen molar-refractivity contribution in [2.45, 2.75) is 12.6 Å². The van der Waals surface area contributed by atoms with Gasteiger partial charge in [0, 0.05) is 23.9 Å². The van der Waals surface area contributed by atoms with E-state index in [1.54, 1.807) is 18.2 Å². The number of aliphatic hydroxyl groups excluding tert-OH is 1. The highest BCUT2D eigenvalue weighted by Crippen LogP contribution is 2.39. The molecule has 2 N–H and O–H groups in total. The first kappa shape index (κ1) is 19.7. The molecule has 1 atom stereocenters. The van der Waals surface area contributed by atoms with Crippen LogP contribution in [0.5, 0.6) is 11.5 Å². The summed E-state index contributed by atoms with van der Waals surface area (Å²) in [5.41, 5.74) is 2.20. The zero-order valence-electron chi connectivity index (χ0n) is 16.8. The van der Waals surface area contributed by atoms with Crippen LogP contribution in [0, 0.1) is 0 Å². The fourth-order valence-electron chi connectivity index (χ4n) is 3.87. The third-order valence-corrected chi connectivity index (χ3v) is 5.42. The van der Waals surface area contributed by atoms with E-state index in [9.17, 15) is 19.5 Å². The molecule has 2 aliphatic heterocycles. The standard InChI is InChI=1S/C21H21N3O6/c1-23-19(26)12-5-4-11(8-13(12)20(23)27)22-21(28)24-9-14-16(29-2)6-7-17(30-3)18(14)15(25)10-24/h4-8,15,25H,9-10H2,1-3H3,(H,22,28)/t15-/m1/s1. The lowest BCUT2D eigenvalue weighted by Gasteiger charge is -2.34. The van der Waals surface area contributed by atoms with Gasteiger partial charge in [0.05, 0.1) is 38.4 Å². The van der Waals surface area contributed by atoms with Crippen molar-refractivity contribution in [1.82, 2.24) is 9.80 Å². The number of aliphatic hydroxyl groups is 1.